The van der Waals surface area contributed by atoms with Gasteiger partial charge in [-0.1, -0.05) is 32.1 Å². The van der Waals surface area contributed by atoms with E-state index in [1.165, 1.54) is 5.56 Å². The van der Waals surface area contributed by atoms with Crippen LogP contribution in [-0.4, -0.2) is 38.2 Å². The average Bonchev–Trinajstić information content (AvgIpc) is 2.40. The highest BCUT2D eigenvalue weighted by molar-refractivity contribution is 5.27. The first kappa shape index (κ1) is 16.7. The third-order valence-corrected chi connectivity index (χ3v) is 2.99. The highest BCUT2D eigenvalue weighted by atomic mass is 16.5. The van der Waals surface area contributed by atoms with E-state index < -0.39 is 0 Å². The van der Waals surface area contributed by atoms with Crippen LogP contribution in [0.3, 0.4) is 0 Å². The van der Waals surface area contributed by atoms with Crippen molar-refractivity contribution < 1.29 is 4.74 Å². The Kier molecular flexibility index (Phi) is 8.00. The minimum absolute atomic E-state index is 0.685. The summed E-state index contributed by atoms with van der Waals surface area (Å²) < 4.78 is 5.72. The maximum Gasteiger partial charge on any atom is 0.119 e. The van der Waals surface area contributed by atoms with Gasteiger partial charge in [0.05, 0.1) is 0 Å². The first-order valence-corrected chi connectivity index (χ1v) is 7.33. The number of hydrogen-bond acceptors (Lipinski definition) is 3. The lowest BCUT2D eigenvalue weighted by molar-refractivity contribution is 0.249. The van der Waals surface area contributed by atoms with Crippen molar-refractivity contribution in [2.24, 2.45) is 5.92 Å². The summed E-state index contributed by atoms with van der Waals surface area (Å²) in [4.78, 5) is 2.18. The van der Waals surface area contributed by atoms with Crippen molar-refractivity contribution in [1.29, 1.82) is 0 Å². The van der Waals surface area contributed by atoms with Crippen LogP contribution in [0.4, 0.5) is 0 Å². The minimum atomic E-state index is 0.685. The summed E-state index contributed by atoms with van der Waals surface area (Å²) in [5, 5.41) is 3.44. The molecule has 3 heteroatoms. The zero-order chi connectivity index (χ0) is 14.8. The normalized spacial score (nSPS) is 11.1. The van der Waals surface area contributed by atoms with Gasteiger partial charge in [0.2, 0.25) is 0 Å². The summed E-state index contributed by atoms with van der Waals surface area (Å²) >= 11 is 0. The third kappa shape index (κ3) is 7.31. The van der Waals surface area contributed by atoms with E-state index in [2.05, 4.69) is 49.8 Å². The SMILES string of the molecule is C=CCN(C)CCOc1ccc(CNCC(C)C)cc1. The first-order chi connectivity index (χ1) is 9.61. The second-order valence-corrected chi connectivity index (χ2v) is 5.57. The van der Waals surface area contributed by atoms with E-state index in [1.807, 2.05) is 18.2 Å². The molecule has 112 valence electrons. The van der Waals surface area contributed by atoms with Gasteiger partial charge >= 0.3 is 0 Å². The molecule has 0 aliphatic carbocycles. The Morgan fingerprint density at radius 3 is 2.60 bits per heavy atom. The standard InChI is InChI=1S/C17H28N2O/c1-5-10-19(4)11-12-20-17-8-6-16(7-9-17)14-18-13-15(2)3/h5-9,15,18H,1,10-14H2,2-4H3. The molecule has 0 unspecified atom stereocenters. The number of hydrogen-bond donors (Lipinski definition) is 1. The van der Waals surface area contributed by atoms with Crippen LogP contribution in [-0.2, 0) is 6.54 Å². The Labute approximate surface area is 123 Å². The van der Waals surface area contributed by atoms with Crippen LogP contribution in [0.1, 0.15) is 19.4 Å². The summed E-state index contributed by atoms with van der Waals surface area (Å²) in [7, 11) is 2.06. The molecule has 1 aromatic carbocycles. The number of nitrogens with one attached hydrogen (secondary N) is 1. The lowest BCUT2D eigenvalue weighted by Gasteiger charge is -2.14. The van der Waals surface area contributed by atoms with Gasteiger partial charge in [0.1, 0.15) is 12.4 Å². The molecule has 20 heavy (non-hydrogen) atoms. The Bertz CT molecular complexity index is 373. The Morgan fingerprint density at radius 1 is 1.30 bits per heavy atom. The zero-order valence-electron chi connectivity index (χ0n) is 13.1. The number of likely N-dealkylation sites (N-methyl/N-ethyl adjacent to an activating group) is 1. The molecule has 0 amide bonds. The molecule has 0 radical (unpaired) electrons. The fraction of sp³-hybridized carbons (Fsp3) is 0.529. The van der Waals surface area contributed by atoms with Gasteiger partial charge in [-0.3, -0.25) is 4.90 Å². The van der Waals surface area contributed by atoms with Crippen molar-refractivity contribution in [2.75, 3.05) is 33.3 Å². The van der Waals surface area contributed by atoms with Gasteiger partial charge in [0.15, 0.2) is 0 Å². The maximum atomic E-state index is 5.72. The van der Waals surface area contributed by atoms with Crippen molar-refractivity contribution >= 4 is 0 Å². The molecule has 1 rings (SSSR count). The fourth-order valence-electron chi connectivity index (χ4n) is 1.84. The van der Waals surface area contributed by atoms with Gasteiger partial charge in [0.25, 0.3) is 0 Å². The zero-order valence-corrected chi connectivity index (χ0v) is 13.1. The van der Waals surface area contributed by atoms with Crippen molar-refractivity contribution in [3.8, 4) is 5.75 Å². The molecule has 0 saturated carbocycles. The molecule has 0 spiro atoms. The lowest BCUT2D eigenvalue weighted by Crippen LogP contribution is -2.24. The predicted octanol–water partition coefficient (Wildman–Crippen LogP) is 2.93. The Hall–Kier alpha value is -1.32. The summed E-state index contributed by atoms with van der Waals surface area (Å²) in [6.07, 6.45) is 1.90. The summed E-state index contributed by atoms with van der Waals surface area (Å²) in [5.74, 6) is 1.62. The monoisotopic (exact) mass is 276 g/mol. The first-order valence-electron chi connectivity index (χ1n) is 7.33. The molecule has 0 atom stereocenters. The van der Waals surface area contributed by atoms with Gasteiger partial charge < -0.3 is 10.1 Å². The van der Waals surface area contributed by atoms with Gasteiger partial charge in [-0.25, -0.2) is 0 Å². The van der Waals surface area contributed by atoms with Gasteiger partial charge in [0, 0.05) is 19.6 Å². The van der Waals surface area contributed by atoms with Crippen LogP contribution in [0, 0.1) is 5.92 Å². The van der Waals surface area contributed by atoms with Gasteiger partial charge in [-0.2, -0.15) is 0 Å². The van der Waals surface area contributed by atoms with E-state index in [0.29, 0.717) is 12.5 Å². The van der Waals surface area contributed by atoms with E-state index in [-0.39, 0.29) is 0 Å². The lowest BCUT2D eigenvalue weighted by atomic mass is 10.2. The second kappa shape index (κ2) is 9.56. The van der Waals surface area contributed by atoms with Crippen molar-refractivity contribution in [3.05, 3.63) is 42.5 Å². The molecule has 0 bridgehead atoms. The Balaban J connectivity index is 2.26. The van der Waals surface area contributed by atoms with Crippen molar-refractivity contribution in [1.82, 2.24) is 10.2 Å². The van der Waals surface area contributed by atoms with Crippen LogP contribution in [0.25, 0.3) is 0 Å². The highest BCUT2D eigenvalue weighted by Gasteiger charge is 1.99. The molecular formula is C17H28N2O. The smallest absolute Gasteiger partial charge is 0.119 e. The molecule has 0 heterocycles. The Morgan fingerprint density at radius 2 is 2.00 bits per heavy atom. The van der Waals surface area contributed by atoms with Crippen molar-refractivity contribution in [3.63, 3.8) is 0 Å². The number of nitrogens with zero attached hydrogens (tertiary/aromatic N) is 1. The molecule has 0 aliphatic rings. The van der Waals surface area contributed by atoms with Crippen LogP contribution >= 0.6 is 0 Å². The molecule has 3 nitrogen and oxygen atoms in total. The van der Waals surface area contributed by atoms with Crippen molar-refractivity contribution in [2.45, 2.75) is 20.4 Å². The van der Waals surface area contributed by atoms with Gasteiger partial charge in [-0.05, 0) is 37.2 Å². The molecule has 1 aromatic rings. The third-order valence-electron chi connectivity index (χ3n) is 2.99. The molecule has 1 N–H and O–H groups in total. The molecule has 0 aromatic heterocycles. The van der Waals surface area contributed by atoms with Gasteiger partial charge in [-0.15, -0.1) is 6.58 Å². The quantitative estimate of drug-likeness (QED) is 0.665. The molecule has 0 aliphatic heterocycles. The predicted molar refractivity (Wildman–Crippen MR) is 86.2 cm³/mol. The summed E-state index contributed by atoms with van der Waals surface area (Å²) in [5.41, 5.74) is 1.29. The summed E-state index contributed by atoms with van der Waals surface area (Å²) in [6.45, 7) is 12.6. The van der Waals surface area contributed by atoms with Crippen LogP contribution in [0.15, 0.2) is 36.9 Å². The van der Waals surface area contributed by atoms with E-state index >= 15 is 0 Å². The maximum absolute atomic E-state index is 5.72. The van der Waals surface area contributed by atoms with E-state index in [4.69, 9.17) is 4.74 Å². The fourth-order valence-corrected chi connectivity index (χ4v) is 1.84. The van der Waals surface area contributed by atoms with Crippen LogP contribution < -0.4 is 10.1 Å². The van der Waals surface area contributed by atoms with E-state index in [1.54, 1.807) is 0 Å². The minimum Gasteiger partial charge on any atom is -0.492 e. The molecule has 0 fully saturated rings. The summed E-state index contributed by atoms with van der Waals surface area (Å²) in [6, 6.07) is 8.33. The number of benzene rings is 1. The number of ether oxygens (including phenoxy) is 1. The highest BCUT2D eigenvalue weighted by Crippen LogP contribution is 2.12. The number of rotatable bonds is 10. The average molecular weight is 276 g/mol. The topological polar surface area (TPSA) is 24.5 Å². The second-order valence-electron chi connectivity index (χ2n) is 5.57. The molecule has 0 saturated heterocycles. The van der Waals surface area contributed by atoms with E-state index in [9.17, 15) is 0 Å². The van der Waals surface area contributed by atoms with Crippen LogP contribution in [0.2, 0.25) is 0 Å². The largest absolute Gasteiger partial charge is 0.492 e. The van der Waals surface area contributed by atoms with E-state index in [0.717, 1.165) is 31.9 Å². The molecular weight excluding hydrogens is 248 g/mol. The van der Waals surface area contributed by atoms with Crippen LogP contribution in [0.5, 0.6) is 5.75 Å².